The van der Waals surface area contributed by atoms with Crippen LogP contribution in [-0.4, -0.2) is 53.6 Å². The highest BCUT2D eigenvalue weighted by Gasteiger charge is 2.34. The van der Waals surface area contributed by atoms with Crippen LogP contribution in [0.5, 0.6) is 5.88 Å². The highest BCUT2D eigenvalue weighted by atomic mass is 19.4. The first kappa shape index (κ1) is 21.2. The zero-order valence-corrected chi connectivity index (χ0v) is 15.8. The summed E-state index contributed by atoms with van der Waals surface area (Å²) in [7, 11) is 5.14. The summed E-state index contributed by atoms with van der Waals surface area (Å²) in [4.78, 5) is 13.9. The Labute approximate surface area is 160 Å². The molecule has 0 fully saturated rings. The average Bonchev–Trinajstić information content (AvgIpc) is 2.60. The molecule has 2 aromatic heterocycles. The number of nitriles is 1. The number of aromatic nitrogens is 3. The molecule has 2 aromatic rings. The van der Waals surface area contributed by atoms with Crippen molar-refractivity contribution in [2.24, 2.45) is 0 Å². The molecule has 0 aliphatic rings. The van der Waals surface area contributed by atoms with Gasteiger partial charge in [-0.3, -0.25) is 0 Å². The van der Waals surface area contributed by atoms with Crippen LogP contribution in [0.2, 0.25) is 0 Å². The van der Waals surface area contributed by atoms with Gasteiger partial charge in [-0.05, 0) is 21.0 Å². The zero-order chi connectivity index (χ0) is 20.9. The van der Waals surface area contributed by atoms with Gasteiger partial charge in [-0.1, -0.05) is 0 Å². The van der Waals surface area contributed by atoms with Crippen LogP contribution in [0, 0.1) is 11.3 Å². The lowest BCUT2D eigenvalue weighted by Crippen LogP contribution is -2.28. The molecule has 8 nitrogen and oxygen atoms in total. The summed E-state index contributed by atoms with van der Waals surface area (Å²) in [6, 6.07) is 3.10. The van der Waals surface area contributed by atoms with Crippen molar-refractivity contribution >= 4 is 17.3 Å². The Morgan fingerprint density at radius 3 is 2.54 bits per heavy atom. The van der Waals surface area contributed by atoms with Crippen LogP contribution in [0.15, 0.2) is 18.5 Å². The monoisotopic (exact) mass is 395 g/mol. The molecule has 0 amide bonds. The molecule has 11 heteroatoms. The van der Waals surface area contributed by atoms with Crippen LogP contribution in [0.4, 0.5) is 30.5 Å². The maximum atomic E-state index is 13.0. The third-order valence-corrected chi connectivity index (χ3v) is 3.52. The molecule has 2 rings (SSSR count). The summed E-state index contributed by atoms with van der Waals surface area (Å²) in [5.74, 6) is 0.339. The maximum Gasteiger partial charge on any atom is 0.419 e. The smallest absolute Gasteiger partial charge is 0.419 e. The Bertz CT molecular complexity index is 865. The van der Waals surface area contributed by atoms with Gasteiger partial charge in [-0.15, -0.1) is 0 Å². The summed E-state index contributed by atoms with van der Waals surface area (Å²) >= 11 is 0. The molecule has 0 radical (unpaired) electrons. The predicted octanol–water partition coefficient (Wildman–Crippen LogP) is 2.88. The van der Waals surface area contributed by atoms with E-state index in [1.54, 1.807) is 0 Å². The molecular weight excluding hydrogens is 375 g/mol. The van der Waals surface area contributed by atoms with Gasteiger partial charge in [-0.25, -0.2) is 9.97 Å². The number of pyridine rings is 1. The molecule has 150 valence electrons. The second-order valence-electron chi connectivity index (χ2n) is 6.20. The molecule has 28 heavy (non-hydrogen) atoms. The van der Waals surface area contributed by atoms with E-state index in [0.717, 1.165) is 6.20 Å². The van der Waals surface area contributed by atoms with Crippen molar-refractivity contribution < 1.29 is 17.9 Å². The van der Waals surface area contributed by atoms with Crippen molar-refractivity contribution in [3.8, 4) is 11.9 Å². The van der Waals surface area contributed by atoms with Crippen molar-refractivity contribution in [2.45, 2.75) is 19.2 Å². The SMILES string of the molecule is CNc1cc(Nc2cnc(C#N)c(OC(C)CN(C)C)n2)ncc1C(F)(F)F. The number of anilines is 3. The van der Waals surface area contributed by atoms with Crippen molar-refractivity contribution in [3.63, 3.8) is 0 Å². The van der Waals surface area contributed by atoms with Crippen molar-refractivity contribution in [1.29, 1.82) is 5.26 Å². The van der Waals surface area contributed by atoms with E-state index in [2.05, 4.69) is 25.6 Å². The second kappa shape index (κ2) is 8.71. The Morgan fingerprint density at radius 2 is 1.96 bits per heavy atom. The first-order chi connectivity index (χ1) is 13.1. The van der Waals surface area contributed by atoms with Gasteiger partial charge in [0.1, 0.15) is 18.0 Å². The Morgan fingerprint density at radius 1 is 1.25 bits per heavy atom. The first-order valence-corrected chi connectivity index (χ1v) is 8.24. The predicted molar refractivity (Wildman–Crippen MR) is 97.5 cm³/mol. The zero-order valence-electron chi connectivity index (χ0n) is 15.8. The van der Waals surface area contributed by atoms with Gasteiger partial charge in [0, 0.05) is 25.9 Å². The summed E-state index contributed by atoms with van der Waals surface area (Å²) in [6.07, 6.45) is -2.78. The molecule has 0 saturated heterocycles. The van der Waals surface area contributed by atoms with Crippen LogP contribution in [0.1, 0.15) is 18.2 Å². The van der Waals surface area contributed by atoms with E-state index in [-0.39, 0.29) is 35.0 Å². The van der Waals surface area contributed by atoms with Gasteiger partial charge in [0.25, 0.3) is 5.88 Å². The molecule has 2 N–H and O–H groups in total. The molecule has 0 saturated carbocycles. The van der Waals surface area contributed by atoms with Crippen molar-refractivity contribution in [2.75, 3.05) is 38.3 Å². The lowest BCUT2D eigenvalue weighted by atomic mass is 10.2. The van der Waals surface area contributed by atoms with Crippen LogP contribution in [0.3, 0.4) is 0 Å². The quantitative estimate of drug-likeness (QED) is 0.738. The van der Waals surface area contributed by atoms with Crippen LogP contribution in [0.25, 0.3) is 0 Å². The largest absolute Gasteiger partial charge is 0.471 e. The molecule has 1 unspecified atom stereocenters. The normalized spacial score (nSPS) is 12.4. The highest BCUT2D eigenvalue weighted by Crippen LogP contribution is 2.35. The summed E-state index contributed by atoms with van der Waals surface area (Å²) in [5, 5.41) is 14.4. The molecule has 2 heterocycles. The standard InChI is InChI=1S/C17H20F3N7O/c1-10(9-27(3)4)28-16-13(6-21)23-8-15(26-16)25-14-5-12(22-2)11(7-24-14)17(18,19)20/h5,7-8,10H,9H2,1-4H3,(H2,22,24,25,26). The van der Waals surface area contributed by atoms with Crippen molar-refractivity contribution in [3.05, 3.63) is 29.7 Å². The number of ether oxygens (including phenoxy) is 1. The number of rotatable bonds is 7. The van der Waals surface area contributed by atoms with E-state index in [9.17, 15) is 18.4 Å². The number of hydrogen-bond donors (Lipinski definition) is 2. The number of alkyl halides is 3. The van der Waals surface area contributed by atoms with E-state index >= 15 is 0 Å². The lowest BCUT2D eigenvalue weighted by molar-refractivity contribution is -0.137. The third-order valence-electron chi connectivity index (χ3n) is 3.52. The molecule has 0 aliphatic heterocycles. The highest BCUT2D eigenvalue weighted by molar-refractivity contribution is 5.62. The van der Waals surface area contributed by atoms with Gasteiger partial charge < -0.3 is 20.3 Å². The summed E-state index contributed by atoms with van der Waals surface area (Å²) in [6.45, 7) is 2.41. The fourth-order valence-electron chi connectivity index (χ4n) is 2.42. The Kier molecular flexibility index (Phi) is 6.58. The third kappa shape index (κ3) is 5.43. The minimum Gasteiger partial charge on any atom is -0.471 e. The Hall–Kier alpha value is -3.13. The number of nitrogens with one attached hydrogen (secondary N) is 2. The topological polar surface area (TPSA) is 99.0 Å². The molecule has 0 spiro atoms. The van der Waals surface area contributed by atoms with Gasteiger partial charge in [-0.2, -0.15) is 23.4 Å². The van der Waals surface area contributed by atoms with Gasteiger partial charge in [0.05, 0.1) is 17.4 Å². The number of likely N-dealkylation sites (N-methyl/N-ethyl adjacent to an activating group) is 1. The maximum absolute atomic E-state index is 13.0. The van der Waals surface area contributed by atoms with Crippen molar-refractivity contribution in [1.82, 2.24) is 19.9 Å². The number of nitrogens with zero attached hydrogens (tertiary/aromatic N) is 5. The summed E-state index contributed by atoms with van der Waals surface area (Å²) in [5.41, 5.74) is -1.01. The van der Waals surface area contributed by atoms with E-state index in [1.165, 1.54) is 19.3 Å². The fourth-order valence-corrected chi connectivity index (χ4v) is 2.42. The van der Waals surface area contributed by atoms with E-state index < -0.39 is 11.7 Å². The Balaban J connectivity index is 2.27. The van der Waals surface area contributed by atoms with Crippen LogP contribution >= 0.6 is 0 Å². The average molecular weight is 395 g/mol. The van der Waals surface area contributed by atoms with E-state index in [0.29, 0.717) is 6.54 Å². The molecular formula is C17H20F3N7O. The molecule has 1 atom stereocenters. The second-order valence-corrected chi connectivity index (χ2v) is 6.20. The van der Waals surface area contributed by atoms with E-state index in [4.69, 9.17) is 4.74 Å². The minimum atomic E-state index is -4.53. The van der Waals surface area contributed by atoms with Gasteiger partial charge in [0.2, 0.25) is 5.69 Å². The lowest BCUT2D eigenvalue weighted by Gasteiger charge is -2.18. The van der Waals surface area contributed by atoms with Gasteiger partial charge in [0.15, 0.2) is 5.82 Å². The molecule has 0 aromatic carbocycles. The summed E-state index contributed by atoms with van der Waals surface area (Å²) < 4.78 is 44.6. The molecule has 0 bridgehead atoms. The van der Waals surface area contributed by atoms with Crippen LogP contribution in [-0.2, 0) is 6.18 Å². The molecule has 0 aliphatic carbocycles. The number of hydrogen-bond acceptors (Lipinski definition) is 8. The first-order valence-electron chi connectivity index (χ1n) is 8.24. The minimum absolute atomic E-state index is 0.00690. The van der Waals surface area contributed by atoms with Crippen LogP contribution < -0.4 is 15.4 Å². The van der Waals surface area contributed by atoms with E-state index in [1.807, 2.05) is 32.0 Å². The fraction of sp³-hybridized carbons (Fsp3) is 0.412. The number of halogens is 3. The van der Waals surface area contributed by atoms with Gasteiger partial charge >= 0.3 is 6.18 Å².